The van der Waals surface area contributed by atoms with Crippen molar-refractivity contribution >= 4 is 22.7 Å². The van der Waals surface area contributed by atoms with Crippen LogP contribution < -0.4 is 0 Å². The molecule has 0 amide bonds. The molecule has 5 aromatic carbocycles. The van der Waals surface area contributed by atoms with Gasteiger partial charge in [-0.2, -0.15) is 0 Å². The first-order chi connectivity index (χ1) is 22.8. The molecule has 0 aliphatic heterocycles. The van der Waals surface area contributed by atoms with Crippen molar-refractivity contribution in [3.8, 4) is 77.6 Å². The zero-order chi connectivity index (χ0) is 30.7. The molecule has 3 heterocycles. The van der Waals surface area contributed by atoms with Gasteiger partial charge in [0.15, 0.2) is 17.5 Å². The summed E-state index contributed by atoms with van der Waals surface area (Å²) in [6, 6.07) is 43.8. The first-order valence-corrected chi connectivity index (χ1v) is 16.6. The summed E-state index contributed by atoms with van der Waals surface area (Å²) < 4.78 is 0. The van der Waals surface area contributed by atoms with Gasteiger partial charge in [-0.1, -0.05) is 91.0 Å². The second-order valence-electron chi connectivity index (χ2n) is 10.7. The molecule has 7 heteroatoms. The Morgan fingerprint density at radius 2 is 0.674 bits per heavy atom. The summed E-state index contributed by atoms with van der Waals surface area (Å²) in [4.78, 5) is 24.5. The summed E-state index contributed by atoms with van der Waals surface area (Å²) in [6.07, 6.45) is 3.67. The maximum absolute atomic E-state index is 5.16. The standard InChI is InChI=1S/C39H25N5S2/c1-4-10-26(11-5-1)29-20-31(24-33(22-29)38-40-16-18-45-38)36-42-35(28-14-8-3-9-15-28)43-37(44-36)32-21-30(27-12-6-2-7-13-27)23-34(25-32)39-41-17-19-46-39/h1-25H. The molecule has 0 N–H and O–H groups in total. The molecule has 0 saturated heterocycles. The highest BCUT2D eigenvalue weighted by atomic mass is 32.1. The second kappa shape index (κ2) is 12.4. The van der Waals surface area contributed by atoms with E-state index < -0.39 is 0 Å². The van der Waals surface area contributed by atoms with E-state index in [4.69, 9.17) is 15.0 Å². The lowest BCUT2D eigenvalue weighted by Gasteiger charge is -2.13. The molecular weight excluding hydrogens is 603 g/mol. The van der Waals surface area contributed by atoms with Crippen LogP contribution in [0.5, 0.6) is 0 Å². The molecule has 0 unspecified atom stereocenters. The number of thiazole rings is 2. The molecule has 0 saturated carbocycles. The summed E-state index contributed by atoms with van der Waals surface area (Å²) in [5, 5.41) is 5.89. The third-order valence-electron chi connectivity index (χ3n) is 7.62. The molecule has 5 nitrogen and oxygen atoms in total. The van der Waals surface area contributed by atoms with Crippen molar-refractivity contribution < 1.29 is 0 Å². The van der Waals surface area contributed by atoms with E-state index in [-0.39, 0.29) is 0 Å². The molecule has 8 rings (SSSR count). The van der Waals surface area contributed by atoms with Gasteiger partial charge in [0.2, 0.25) is 0 Å². The molecular formula is C39H25N5S2. The summed E-state index contributed by atoms with van der Waals surface area (Å²) in [5.41, 5.74) is 9.13. The average molecular weight is 628 g/mol. The molecule has 0 spiro atoms. The Balaban J connectivity index is 1.36. The van der Waals surface area contributed by atoms with E-state index in [9.17, 15) is 0 Å². The molecule has 0 aliphatic rings. The fourth-order valence-electron chi connectivity index (χ4n) is 5.44. The number of nitrogens with zero attached hydrogens (tertiary/aromatic N) is 5. The Hall–Kier alpha value is -5.63. The highest BCUT2D eigenvalue weighted by Crippen LogP contribution is 2.36. The van der Waals surface area contributed by atoms with Crippen molar-refractivity contribution in [2.75, 3.05) is 0 Å². The van der Waals surface area contributed by atoms with Crippen molar-refractivity contribution in [2.24, 2.45) is 0 Å². The van der Waals surface area contributed by atoms with Gasteiger partial charge in [-0.05, 0) is 58.7 Å². The van der Waals surface area contributed by atoms with E-state index in [1.807, 2.05) is 65.6 Å². The van der Waals surface area contributed by atoms with Gasteiger partial charge in [-0.3, -0.25) is 0 Å². The summed E-state index contributed by atoms with van der Waals surface area (Å²) >= 11 is 3.23. The molecule has 46 heavy (non-hydrogen) atoms. The van der Waals surface area contributed by atoms with Gasteiger partial charge in [-0.25, -0.2) is 24.9 Å². The fraction of sp³-hybridized carbons (Fsp3) is 0. The second-order valence-corrected chi connectivity index (χ2v) is 12.5. The molecule has 0 fully saturated rings. The predicted octanol–water partition coefficient (Wildman–Crippen LogP) is 10.5. The van der Waals surface area contributed by atoms with Crippen molar-refractivity contribution in [1.29, 1.82) is 0 Å². The minimum Gasteiger partial charge on any atom is -0.245 e. The van der Waals surface area contributed by atoms with Crippen LogP contribution >= 0.6 is 22.7 Å². The number of hydrogen-bond acceptors (Lipinski definition) is 7. The zero-order valence-electron chi connectivity index (χ0n) is 24.5. The maximum atomic E-state index is 5.16. The topological polar surface area (TPSA) is 64.5 Å². The van der Waals surface area contributed by atoms with Crippen LogP contribution in [0, 0.1) is 0 Å². The zero-order valence-corrected chi connectivity index (χ0v) is 26.1. The maximum Gasteiger partial charge on any atom is 0.164 e. The van der Waals surface area contributed by atoms with Crippen molar-refractivity contribution in [1.82, 2.24) is 24.9 Å². The summed E-state index contributed by atoms with van der Waals surface area (Å²) in [7, 11) is 0. The van der Waals surface area contributed by atoms with Crippen LogP contribution in [0.1, 0.15) is 0 Å². The number of benzene rings is 5. The van der Waals surface area contributed by atoms with Gasteiger partial charge in [0, 0.05) is 51.0 Å². The van der Waals surface area contributed by atoms with Crippen LogP contribution in [0.4, 0.5) is 0 Å². The summed E-state index contributed by atoms with van der Waals surface area (Å²) in [5.74, 6) is 1.81. The lowest BCUT2D eigenvalue weighted by atomic mass is 9.98. The van der Waals surface area contributed by atoms with Gasteiger partial charge in [0.25, 0.3) is 0 Å². The van der Waals surface area contributed by atoms with E-state index in [1.165, 1.54) is 0 Å². The number of aromatic nitrogens is 5. The highest BCUT2D eigenvalue weighted by Gasteiger charge is 2.17. The smallest absolute Gasteiger partial charge is 0.164 e. The lowest BCUT2D eigenvalue weighted by Crippen LogP contribution is -2.01. The van der Waals surface area contributed by atoms with Crippen LogP contribution in [0.2, 0.25) is 0 Å². The first-order valence-electron chi connectivity index (χ1n) is 14.8. The minimum absolute atomic E-state index is 0.598. The van der Waals surface area contributed by atoms with Crippen LogP contribution in [0.3, 0.4) is 0 Å². The lowest BCUT2D eigenvalue weighted by molar-refractivity contribution is 1.07. The van der Waals surface area contributed by atoms with E-state index in [0.717, 1.165) is 60.1 Å². The molecule has 0 aliphatic carbocycles. The monoisotopic (exact) mass is 627 g/mol. The van der Waals surface area contributed by atoms with Crippen molar-refractivity contribution in [3.05, 3.63) is 151 Å². The quantitative estimate of drug-likeness (QED) is 0.176. The molecule has 0 atom stereocenters. The van der Waals surface area contributed by atoms with Gasteiger partial charge >= 0.3 is 0 Å². The van der Waals surface area contributed by atoms with Crippen molar-refractivity contribution in [3.63, 3.8) is 0 Å². The van der Waals surface area contributed by atoms with Crippen LogP contribution in [0.25, 0.3) is 77.6 Å². The van der Waals surface area contributed by atoms with E-state index in [0.29, 0.717) is 17.5 Å². The highest BCUT2D eigenvalue weighted by molar-refractivity contribution is 7.13. The molecule has 8 aromatic rings. The Kier molecular flexibility index (Phi) is 7.52. The van der Waals surface area contributed by atoms with Gasteiger partial charge in [0.1, 0.15) is 10.0 Å². The van der Waals surface area contributed by atoms with Gasteiger partial charge in [0.05, 0.1) is 0 Å². The molecule has 218 valence electrons. The van der Waals surface area contributed by atoms with E-state index in [1.54, 1.807) is 22.7 Å². The van der Waals surface area contributed by atoms with Crippen LogP contribution in [-0.4, -0.2) is 24.9 Å². The predicted molar refractivity (Wildman–Crippen MR) is 189 cm³/mol. The summed E-state index contributed by atoms with van der Waals surface area (Å²) in [6.45, 7) is 0. The number of hydrogen-bond donors (Lipinski definition) is 0. The third kappa shape index (κ3) is 5.77. The Bertz CT molecular complexity index is 2100. The van der Waals surface area contributed by atoms with Gasteiger partial charge < -0.3 is 0 Å². The first kappa shape index (κ1) is 27.9. The van der Waals surface area contributed by atoms with Crippen molar-refractivity contribution in [2.45, 2.75) is 0 Å². The van der Waals surface area contributed by atoms with Crippen LogP contribution in [-0.2, 0) is 0 Å². The Morgan fingerprint density at radius 1 is 0.326 bits per heavy atom. The Labute approximate surface area is 274 Å². The largest absolute Gasteiger partial charge is 0.245 e. The molecule has 3 aromatic heterocycles. The minimum atomic E-state index is 0.598. The van der Waals surface area contributed by atoms with E-state index >= 15 is 0 Å². The van der Waals surface area contributed by atoms with Gasteiger partial charge in [-0.15, -0.1) is 22.7 Å². The third-order valence-corrected chi connectivity index (χ3v) is 9.27. The Morgan fingerprint density at radius 3 is 1.07 bits per heavy atom. The fourth-order valence-corrected chi connectivity index (χ4v) is 6.69. The molecule has 0 radical (unpaired) electrons. The number of rotatable bonds is 7. The molecule has 0 bridgehead atoms. The SMILES string of the molecule is c1ccc(-c2cc(-c3nc(-c4ccccc4)nc(-c4cc(-c5ccccc5)cc(-c5nccs5)c4)n3)cc(-c3nccs3)c2)cc1. The normalized spacial score (nSPS) is 11.0. The van der Waals surface area contributed by atoms with Crippen LogP contribution in [0.15, 0.2) is 151 Å². The average Bonchev–Trinajstić information content (AvgIpc) is 3.88. The van der Waals surface area contributed by atoms with E-state index in [2.05, 4.69) is 94.9 Å².